The van der Waals surface area contributed by atoms with Crippen molar-refractivity contribution in [3.8, 4) is 17.4 Å². The first kappa shape index (κ1) is 14.9. The lowest BCUT2D eigenvalue weighted by Crippen LogP contribution is -2.02. The van der Waals surface area contributed by atoms with E-state index in [0.717, 1.165) is 18.5 Å². The number of methoxy groups -OCH3 is 1. The molecule has 0 aliphatic heterocycles. The Morgan fingerprint density at radius 1 is 1.43 bits per heavy atom. The molecule has 2 N–H and O–H groups in total. The van der Waals surface area contributed by atoms with E-state index in [1.54, 1.807) is 0 Å². The molecular weight excluding hydrogens is 351 g/mol. The van der Waals surface area contributed by atoms with Crippen molar-refractivity contribution in [3.05, 3.63) is 38.9 Å². The van der Waals surface area contributed by atoms with Gasteiger partial charge in [-0.05, 0) is 15.9 Å². The van der Waals surface area contributed by atoms with Crippen molar-refractivity contribution >= 4 is 27.4 Å². The maximum Gasteiger partial charge on any atom is 0.312 e. The molecule has 10 heteroatoms. The molecule has 0 unspecified atom stereocenters. The van der Waals surface area contributed by atoms with Gasteiger partial charge in [-0.2, -0.15) is 4.98 Å². The number of nitrogen functional groups attached to an aromatic ring is 1. The van der Waals surface area contributed by atoms with E-state index in [-0.39, 0.29) is 27.7 Å². The van der Waals surface area contributed by atoms with Crippen LogP contribution in [0.4, 0.5) is 15.9 Å². The number of aromatic nitrogens is 2. The van der Waals surface area contributed by atoms with Crippen LogP contribution in [0.25, 0.3) is 0 Å². The molecule has 110 valence electrons. The molecule has 1 aromatic carbocycles. The Bertz CT molecular complexity index is 713. The lowest BCUT2D eigenvalue weighted by atomic mass is 10.3. The molecule has 1 aromatic heterocycles. The monoisotopic (exact) mass is 358 g/mol. The summed E-state index contributed by atoms with van der Waals surface area (Å²) in [4.78, 5) is 17.7. The Morgan fingerprint density at radius 3 is 2.76 bits per heavy atom. The number of halogens is 2. The van der Waals surface area contributed by atoms with Crippen molar-refractivity contribution in [2.24, 2.45) is 0 Å². The van der Waals surface area contributed by atoms with Gasteiger partial charge in [0, 0.05) is 12.1 Å². The standard InChI is InChI=1S/C11H8BrFN4O4/c1-20-9-10(14)15-4-16-11(9)21-8-3-6(13)5(12)2-7(8)17(18)19/h2-4H,1H3,(H2,14,15,16). The second kappa shape index (κ2) is 5.87. The third-order valence-electron chi connectivity index (χ3n) is 2.41. The zero-order valence-electron chi connectivity index (χ0n) is 10.5. The van der Waals surface area contributed by atoms with E-state index >= 15 is 0 Å². The predicted octanol–water partition coefficient (Wildman–Crippen LogP) is 2.67. The van der Waals surface area contributed by atoms with Crippen LogP contribution in [0.3, 0.4) is 0 Å². The summed E-state index contributed by atoms with van der Waals surface area (Å²) >= 11 is 2.87. The Balaban J connectivity index is 2.51. The summed E-state index contributed by atoms with van der Waals surface area (Å²) in [6, 6.07) is 1.85. The number of nitro benzene ring substituents is 1. The molecular formula is C11H8BrFN4O4. The number of benzene rings is 1. The maximum absolute atomic E-state index is 13.5. The lowest BCUT2D eigenvalue weighted by Gasteiger charge is -2.10. The summed E-state index contributed by atoms with van der Waals surface area (Å²) in [7, 11) is 1.30. The maximum atomic E-state index is 13.5. The zero-order valence-corrected chi connectivity index (χ0v) is 12.1. The predicted molar refractivity (Wildman–Crippen MR) is 73.8 cm³/mol. The molecule has 0 saturated heterocycles. The van der Waals surface area contributed by atoms with Crippen LogP contribution >= 0.6 is 15.9 Å². The van der Waals surface area contributed by atoms with Gasteiger partial charge in [0.1, 0.15) is 12.1 Å². The number of nitrogens with two attached hydrogens (primary N) is 1. The van der Waals surface area contributed by atoms with Gasteiger partial charge in [0.05, 0.1) is 16.5 Å². The van der Waals surface area contributed by atoms with Crippen molar-refractivity contribution in [2.75, 3.05) is 12.8 Å². The number of hydrogen-bond donors (Lipinski definition) is 1. The molecule has 8 nitrogen and oxygen atoms in total. The molecule has 0 bridgehead atoms. The van der Waals surface area contributed by atoms with E-state index in [2.05, 4.69) is 25.9 Å². The minimum atomic E-state index is -0.725. The Kier molecular flexibility index (Phi) is 4.17. The van der Waals surface area contributed by atoms with E-state index in [4.69, 9.17) is 15.2 Å². The van der Waals surface area contributed by atoms with Crippen LogP contribution in [0.1, 0.15) is 0 Å². The number of ether oxygens (including phenoxy) is 2. The van der Waals surface area contributed by atoms with Gasteiger partial charge in [0.2, 0.25) is 11.5 Å². The smallest absolute Gasteiger partial charge is 0.312 e. The summed E-state index contributed by atoms with van der Waals surface area (Å²) in [5.41, 5.74) is 5.12. The molecule has 0 amide bonds. The summed E-state index contributed by atoms with van der Waals surface area (Å²) in [5, 5.41) is 11.0. The Labute approximate surface area is 126 Å². The van der Waals surface area contributed by atoms with Crippen molar-refractivity contribution in [1.29, 1.82) is 0 Å². The average Bonchev–Trinajstić information content (AvgIpc) is 2.42. The van der Waals surface area contributed by atoms with Gasteiger partial charge in [-0.15, -0.1) is 0 Å². The number of rotatable bonds is 4. The zero-order chi connectivity index (χ0) is 15.6. The van der Waals surface area contributed by atoms with Gasteiger partial charge in [-0.25, -0.2) is 9.37 Å². The first-order valence-corrected chi connectivity index (χ1v) is 6.19. The lowest BCUT2D eigenvalue weighted by molar-refractivity contribution is -0.385. The second-order valence-electron chi connectivity index (χ2n) is 3.69. The van der Waals surface area contributed by atoms with Gasteiger partial charge in [0.15, 0.2) is 5.82 Å². The molecule has 2 rings (SSSR count). The van der Waals surface area contributed by atoms with E-state index in [0.29, 0.717) is 0 Å². The summed E-state index contributed by atoms with van der Waals surface area (Å²) in [5.74, 6) is -1.23. The molecule has 1 heterocycles. The van der Waals surface area contributed by atoms with E-state index in [1.807, 2.05) is 0 Å². The molecule has 0 aliphatic rings. The fourth-order valence-electron chi connectivity index (χ4n) is 1.48. The highest BCUT2D eigenvalue weighted by atomic mass is 79.9. The van der Waals surface area contributed by atoms with Gasteiger partial charge >= 0.3 is 5.69 Å². The number of hydrogen-bond acceptors (Lipinski definition) is 7. The van der Waals surface area contributed by atoms with Crippen LogP contribution in [0.2, 0.25) is 0 Å². The largest absolute Gasteiger partial charge is 0.489 e. The fraction of sp³-hybridized carbons (Fsp3) is 0.0909. The van der Waals surface area contributed by atoms with Crippen molar-refractivity contribution in [1.82, 2.24) is 9.97 Å². The normalized spacial score (nSPS) is 10.2. The molecule has 2 aromatic rings. The number of nitro groups is 1. The first-order chi connectivity index (χ1) is 9.93. The van der Waals surface area contributed by atoms with E-state index in [9.17, 15) is 14.5 Å². The van der Waals surface area contributed by atoms with Gasteiger partial charge in [-0.1, -0.05) is 0 Å². The Hall–Kier alpha value is -2.49. The Morgan fingerprint density at radius 2 is 2.14 bits per heavy atom. The number of anilines is 1. The van der Waals surface area contributed by atoms with Crippen molar-refractivity contribution < 1.29 is 18.8 Å². The topological polar surface area (TPSA) is 113 Å². The molecule has 0 atom stereocenters. The number of nitrogens with zero attached hydrogens (tertiary/aromatic N) is 3. The summed E-state index contributed by atoms with van der Waals surface area (Å²) in [6.45, 7) is 0. The van der Waals surface area contributed by atoms with Gasteiger partial charge < -0.3 is 15.2 Å². The van der Waals surface area contributed by atoms with Crippen LogP contribution in [-0.2, 0) is 0 Å². The fourth-order valence-corrected chi connectivity index (χ4v) is 1.81. The SMILES string of the molecule is COc1c(N)ncnc1Oc1cc(F)c(Br)cc1[N+](=O)[O-]. The molecule has 21 heavy (non-hydrogen) atoms. The van der Waals surface area contributed by atoms with E-state index < -0.39 is 16.4 Å². The van der Waals surface area contributed by atoms with Crippen molar-refractivity contribution in [2.45, 2.75) is 0 Å². The second-order valence-corrected chi connectivity index (χ2v) is 4.54. The van der Waals surface area contributed by atoms with Crippen LogP contribution in [0.5, 0.6) is 17.4 Å². The highest BCUT2D eigenvalue weighted by molar-refractivity contribution is 9.10. The van der Waals surface area contributed by atoms with Crippen LogP contribution in [0, 0.1) is 15.9 Å². The molecule has 0 saturated carbocycles. The molecule has 0 radical (unpaired) electrons. The average molecular weight is 359 g/mol. The van der Waals surface area contributed by atoms with Crippen LogP contribution in [0.15, 0.2) is 22.9 Å². The van der Waals surface area contributed by atoms with Crippen molar-refractivity contribution in [3.63, 3.8) is 0 Å². The minimum Gasteiger partial charge on any atom is -0.489 e. The highest BCUT2D eigenvalue weighted by Crippen LogP contribution is 2.38. The van der Waals surface area contributed by atoms with Gasteiger partial charge in [0.25, 0.3) is 5.88 Å². The molecule has 0 aliphatic carbocycles. The third-order valence-corrected chi connectivity index (χ3v) is 3.02. The minimum absolute atomic E-state index is 0.00451. The van der Waals surface area contributed by atoms with Crippen LogP contribution < -0.4 is 15.2 Å². The molecule has 0 fully saturated rings. The summed E-state index contributed by atoms with van der Waals surface area (Å²) in [6.07, 6.45) is 1.09. The first-order valence-electron chi connectivity index (χ1n) is 5.39. The quantitative estimate of drug-likeness (QED) is 0.659. The third kappa shape index (κ3) is 2.99. The van der Waals surface area contributed by atoms with E-state index in [1.165, 1.54) is 7.11 Å². The van der Waals surface area contributed by atoms with Gasteiger partial charge in [-0.3, -0.25) is 10.1 Å². The highest BCUT2D eigenvalue weighted by Gasteiger charge is 2.22. The van der Waals surface area contributed by atoms with Crippen LogP contribution in [-0.4, -0.2) is 22.0 Å². The molecule has 0 spiro atoms. The summed E-state index contributed by atoms with van der Waals surface area (Å²) < 4.78 is 23.7.